The summed E-state index contributed by atoms with van der Waals surface area (Å²) < 4.78 is 91.4. The van der Waals surface area contributed by atoms with Crippen molar-refractivity contribution < 1.29 is 31.1 Å². The van der Waals surface area contributed by atoms with Crippen LogP contribution < -0.4 is 0 Å². The van der Waals surface area contributed by atoms with Crippen molar-refractivity contribution in [1.82, 2.24) is 4.90 Å². The van der Waals surface area contributed by atoms with E-state index in [-0.39, 0.29) is 25.9 Å². The number of fused-ring (bicyclic) bond motifs is 2. The molecule has 0 N–H and O–H groups in total. The summed E-state index contributed by atoms with van der Waals surface area (Å²) in [6, 6.07) is 8.11. The minimum Gasteiger partial charge on any atom is -0.368 e. The number of likely N-dealkylation sites (N-methyl/N-ethyl adjacent to an activating group) is 1. The summed E-state index contributed by atoms with van der Waals surface area (Å²) in [5, 5.41) is 0. The van der Waals surface area contributed by atoms with Crippen LogP contribution in [0.25, 0.3) is 0 Å². The van der Waals surface area contributed by atoms with E-state index in [1.165, 1.54) is 0 Å². The number of hydrogen-bond acceptors (Lipinski definition) is 2. The van der Waals surface area contributed by atoms with Gasteiger partial charge in [0.2, 0.25) is 0 Å². The largest absolute Gasteiger partial charge is 0.404 e. The van der Waals surface area contributed by atoms with Crippen molar-refractivity contribution in [3.05, 3.63) is 35.9 Å². The molecule has 0 heterocycles. The predicted molar refractivity (Wildman–Crippen MR) is 92.6 cm³/mol. The van der Waals surface area contributed by atoms with Gasteiger partial charge in [0.15, 0.2) is 5.41 Å². The highest BCUT2D eigenvalue weighted by atomic mass is 19.4. The van der Waals surface area contributed by atoms with E-state index >= 15 is 0 Å². The molecule has 1 aromatic carbocycles. The third-order valence-electron chi connectivity index (χ3n) is 6.92. The topological polar surface area (TPSA) is 12.5 Å². The van der Waals surface area contributed by atoms with Crippen molar-refractivity contribution in [2.75, 3.05) is 27.2 Å². The molecule has 2 bridgehead atoms. The van der Waals surface area contributed by atoms with Crippen LogP contribution >= 0.6 is 0 Å². The summed E-state index contributed by atoms with van der Waals surface area (Å²) in [6.45, 7) is 1.58. The fourth-order valence-corrected chi connectivity index (χ4v) is 5.77. The summed E-state index contributed by atoms with van der Waals surface area (Å²) in [7, 11) is 3.55. The van der Waals surface area contributed by atoms with Crippen LogP contribution in [0.3, 0.4) is 0 Å². The normalized spacial score (nSPS) is 32.3. The van der Waals surface area contributed by atoms with Crippen molar-refractivity contribution in [1.29, 1.82) is 0 Å². The maximum absolute atomic E-state index is 14.2. The Balaban J connectivity index is 2.20. The zero-order chi connectivity index (χ0) is 21.0. The van der Waals surface area contributed by atoms with E-state index in [4.69, 9.17) is 4.74 Å². The standard InChI is InChI=1S/C20H25F6NO/c1-16-10-9-15(18(16,19(21,22)23)20(24,25)26)13-17(16,28-12-11-27(2)3)14-7-5-4-6-8-14/h4-8,15H,9-13H2,1-3H3. The Kier molecular flexibility index (Phi) is 5.07. The first-order chi connectivity index (χ1) is 12.8. The first kappa shape index (κ1) is 21.4. The van der Waals surface area contributed by atoms with Gasteiger partial charge in [-0.25, -0.2) is 0 Å². The molecule has 8 heteroatoms. The molecule has 3 atom stereocenters. The van der Waals surface area contributed by atoms with Crippen LogP contribution in [-0.4, -0.2) is 44.5 Å². The smallest absolute Gasteiger partial charge is 0.368 e. The summed E-state index contributed by atoms with van der Waals surface area (Å²) in [4.78, 5) is 1.79. The van der Waals surface area contributed by atoms with Crippen molar-refractivity contribution in [3.63, 3.8) is 0 Å². The minimum absolute atomic E-state index is 0.0516. The summed E-state index contributed by atoms with van der Waals surface area (Å²) in [5.41, 5.74) is -7.18. The van der Waals surface area contributed by atoms with E-state index in [1.54, 1.807) is 49.3 Å². The molecule has 2 aliphatic carbocycles. The zero-order valence-corrected chi connectivity index (χ0v) is 16.1. The Morgan fingerprint density at radius 2 is 1.61 bits per heavy atom. The monoisotopic (exact) mass is 409 g/mol. The fraction of sp³-hybridized carbons (Fsp3) is 0.700. The van der Waals surface area contributed by atoms with E-state index in [9.17, 15) is 26.3 Å². The second kappa shape index (κ2) is 6.62. The van der Waals surface area contributed by atoms with Crippen molar-refractivity contribution in [3.8, 4) is 0 Å². The molecule has 0 radical (unpaired) electrons. The van der Waals surface area contributed by atoms with Crippen LogP contribution in [0.2, 0.25) is 0 Å². The van der Waals surface area contributed by atoms with E-state index in [1.807, 2.05) is 0 Å². The molecule has 1 aromatic rings. The summed E-state index contributed by atoms with van der Waals surface area (Å²) in [5.74, 6) is -1.56. The van der Waals surface area contributed by atoms with E-state index < -0.39 is 34.7 Å². The highest BCUT2D eigenvalue weighted by molar-refractivity contribution is 5.35. The molecule has 3 unspecified atom stereocenters. The van der Waals surface area contributed by atoms with Gasteiger partial charge < -0.3 is 9.64 Å². The van der Waals surface area contributed by atoms with Gasteiger partial charge in [0, 0.05) is 12.0 Å². The van der Waals surface area contributed by atoms with Gasteiger partial charge in [-0.3, -0.25) is 0 Å². The van der Waals surface area contributed by atoms with E-state index in [0.717, 1.165) is 6.92 Å². The van der Waals surface area contributed by atoms with Gasteiger partial charge in [-0.05, 0) is 44.8 Å². The van der Waals surface area contributed by atoms with Gasteiger partial charge in [0.05, 0.1) is 12.2 Å². The lowest BCUT2D eigenvalue weighted by Crippen LogP contribution is -2.61. The maximum Gasteiger partial charge on any atom is 0.404 e. The van der Waals surface area contributed by atoms with Crippen LogP contribution in [-0.2, 0) is 10.3 Å². The molecule has 0 aromatic heterocycles. The molecule has 2 fully saturated rings. The van der Waals surface area contributed by atoms with Crippen LogP contribution in [0, 0.1) is 16.7 Å². The number of benzene rings is 1. The molecule has 0 aliphatic heterocycles. The maximum atomic E-state index is 14.2. The Morgan fingerprint density at radius 3 is 2.07 bits per heavy atom. The second-order valence-corrected chi connectivity index (χ2v) is 8.42. The summed E-state index contributed by atoms with van der Waals surface area (Å²) >= 11 is 0. The Morgan fingerprint density at radius 1 is 1.04 bits per heavy atom. The van der Waals surface area contributed by atoms with Gasteiger partial charge in [-0.15, -0.1) is 0 Å². The third kappa shape index (κ3) is 2.63. The minimum atomic E-state index is -5.41. The Labute approximate surface area is 160 Å². The SMILES string of the molecule is CN(C)CCOC1(c2ccccc2)CC2CCC1(C)C2(C(F)(F)F)C(F)(F)F. The first-order valence-electron chi connectivity index (χ1n) is 9.31. The molecular weight excluding hydrogens is 384 g/mol. The molecule has 0 saturated heterocycles. The number of hydrogen-bond donors (Lipinski definition) is 0. The van der Waals surface area contributed by atoms with Gasteiger partial charge in [0.1, 0.15) is 0 Å². The molecular formula is C20H25F6NO. The number of nitrogens with zero attached hydrogens (tertiary/aromatic N) is 1. The van der Waals surface area contributed by atoms with Gasteiger partial charge >= 0.3 is 12.4 Å². The molecule has 0 spiro atoms. The highest BCUT2D eigenvalue weighted by Crippen LogP contribution is 2.81. The van der Waals surface area contributed by atoms with Gasteiger partial charge in [-0.1, -0.05) is 37.3 Å². The molecule has 0 amide bonds. The Hall–Kier alpha value is -1.28. The third-order valence-corrected chi connectivity index (χ3v) is 6.92. The quantitative estimate of drug-likeness (QED) is 0.605. The number of halogens is 6. The highest BCUT2D eigenvalue weighted by Gasteiger charge is 2.90. The fourth-order valence-electron chi connectivity index (χ4n) is 5.77. The van der Waals surface area contributed by atoms with Crippen LogP contribution in [0.1, 0.15) is 31.7 Å². The lowest BCUT2D eigenvalue weighted by Gasteiger charge is -2.51. The van der Waals surface area contributed by atoms with Crippen molar-refractivity contribution >= 4 is 0 Å². The molecule has 2 nitrogen and oxygen atoms in total. The molecule has 28 heavy (non-hydrogen) atoms. The molecule has 2 aliphatic rings. The number of alkyl halides is 6. The van der Waals surface area contributed by atoms with Crippen molar-refractivity contribution in [2.45, 2.75) is 44.1 Å². The molecule has 3 rings (SSSR count). The zero-order valence-electron chi connectivity index (χ0n) is 16.1. The number of rotatable bonds is 5. The lowest BCUT2D eigenvalue weighted by molar-refractivity contribution is -0.382. The van der Waals surface area contributed by atoms with Gasteiger partial charge in [-0.2, -0.15) is 26.3 Å². The molecule has 2 saturated carbocycles. The van der Waals surface area contributed by atoms with Crippen LogP contribution in [0.15, 0.2) is 30.3 Å². The average Bonchev–Trinajstić information content (AvgIpc) is 3.00. The second-order valence-electron chi connectivity index (χ2n) is 8.42. The van der Waals surface area contributed by atoms with Crippen LogP contribution in [0.5, 0.6) is 0 Å². The van der Waals surface area contributed by atoms with E-state index in [0.29, 0.717) is 12.1 Å². The van der Waals surface area contributed by atoms with Crippen LogP contribution in [0.4, 0.5) is 26.3 Å². The lowest BCUT2D eigenvalue weighted by atomic mass is 9.60. The van der Waals surface area contributed by atoms with Gasteiger partial charge in [0.25, 0.3) is 0 Å². The Bertz CT molecular complexity index is 687. The summed E-state index contributed by atoms with van der Waals surface area (Å²) in [6.07, 6.45) is -11.4. The first-order valence-corrected chi connectivity index (χ1v) is 9.31. The molecule has 158 valence electrons. The average molecular weight is 409 g/mol. The van der Waals surface area contributed by atoms with E-state index in [2.05, 4.69) is 0 Å². The number of ether oxygens (including phenoxy) is 1. The predicted octanol–water partition coefficient (Wildman–Crippen LogP) is 5.39. The van der Waals surface area contributed by atoms with Crippen molar-refractivity contribution in [2.24, 2.45) is 16.7 Å².